The number of thiazole rings is 1. The molecule has 23 heavy (non-hydrogen) atoms. The highest BCUT2D eigenvalue weighted by Crippen LogP contribution is 2.30. The maximum Gasteiger partial charge on any atom is 0.347 e. The molecule has 2 heterocycles. The normalized spacial score (nSPS) is 10.3. The van der Waals surface area contributed by atoms with Crippen LogP contribution < -0.4 is 0 Å². The minimum Gasteiger partial charge on any atom is -0.477 e. The van der Waals surface area contributed by atoms with Gasteiger partial charge in [0, 0.05) is 11.1 Å². The molecule has 0 saturated heterocycles. The number of rotatable bonds is 3. The molecule has 0 amide bonds. The van der Waals surface area contributed by atoms with Gasteiger partial charge in [-0.3, -0.25) is 0 Å². The van der Waals surface area contributed by atoms with Gasteiger partial charge in [-0.15, -0.1) is 11.3 Å². The van der Waals surface area contributed by atoms with E-state index < -0.39 is 5.97 Å². The predicted octanol–water partition coefficient (Wildman–Crippen LogP) is 3.75. The molecule has 3 aromatic rings. The SMILES string of the molecule is Cc1nc(-c2cc(C#N)nc(-c3ccccc3)c2)sc1C(=O)O. The second-order valence-corrected chi connectivity index (χ2v) is 5.84. The molecule has 0 atom stereocenters. The standard InChI is InChI=1S/C17H11N3O2S/c1-10-15(17(21)22)23-16(19-10)12-7-13(9-18)20-14(8-12)11-5-3-2-4-6-11/h2-8H,1H3,(H,21,22). The van der Waals surface area contributed by atoms with E-state index in [4.69, 9.17) is 5.11 Å². The Hall–Kier alpha value is -3.04. The van der Waals surface area contributed by atoms with Gasteiger partial charge in [-0.05, 0) is 19.1 Å². The molecule has 0 aliphatic heterocycles. The molecule has 0 radical (unpaired) electrons. The van der Waals surface area contributed by atoms with Gasteiger partial charge < -0.3 is 5.11 Å². The molecular formula is C17H11N3O2S. The number of hydrogen-bond acceptors (Lipinski definition) is 5. The minimum absolute atomic E-state index is 0.205. The van der Waals surface area contributed by atoms with Gasteiger partial charge in [0.05, 0.1) is 11.4 Å². The van der Waals surface area contributed by atoms with Crippen molar-refractivity contribution in [1.82, 2.24) is 9.97 Å². The Balaban J connectivity index is 2.15. The van der Waals surface area contributed by atoms with Crippen molar-refractivity contribution < 1.29 is 9.90 Å². The van der Waals surface area contributed by atoms with Crippen molar-refractivity contribution in [3.8, 4) is 27.9 Å². The lowest BCUT2D eigenvalue weighted by atomic mass is 10.1. The largest absolute Gasteiger partial charge is 0.477 e. The Kier molecular flexibility index (Phi) is 3.87. The van der Waals surface area contributed by atoms with E-state index in [1.807, 2.05) is 42.5 Å². The van der Waals surface area contributed by atoms with Crippen molar-refractivity contribution in [2.75, 3.05) is 0 Å². The van der Waals surface area contributed by atoms with E-state index in [0.29, 0.717) is 22.0 Å². The smallest absolute Gasteiger partial charge is 0.347 e. The van der Waals surface area contributed by atoms with E-state index in [-0.39, 0.29) is 10.6 Å². The summed E-state index contributed by atoms with van der Waals surface area (Å²) in [6.45, 7) is 1.66. The van der Waals surface area contributed by atoms with Gasteiger partial charge in [0.2, 0.25) is 0 Å². The second-order valence-electron chi connectivity index (χ2n) is 4.84. The molecule has 3 rings (SSSR count). The van der Waals surface area contributed by atoms with E-state index in [9.17, 15) is 10.1 Å². The van der Waals surface area contributed by atoms with Gasteiger partial charge in [0.1, 0.15) is 21.6 Å². The first-order valence-corrected chi connectivity index (χ1v) is 7.59. The first-order valence-electron chi connectivity index (χ1n) is 6.77. The van der Waals surface area contributed by atoms with E-state index >= 15 is 0 Å². The molecule has 0 saturated carbocycles. The predicted molar refractivity (Wildman–Crippen MR) is 87.2 cm³/mol. The molecule has 1 N–H and O–H groups in total. The summed E-state index contributed by atoms with van der Waals surface area (Å²) in [6, 6.07) is 15.0. The summed E-state index contributed by atoms with van der Waals surface area (Å²) >= 11 is 1.10. The van der Waals surface area contributed by atoms with E-state index in [1.165, 1.54) is 0 Å². The Labute approximate surface area is 136 Å². The van der Waals surface area contributed by atoms with Crippen LogP contribution in [0.5, 0.6) is 0 Å². The number of benzene rings is 1. The second kappa shape index (κ2) is 5.99. The van der Waals surface area contributed by atoms with Crippen LogP contribution in [0.15, 0.2) is 42.5 Å². The Morgan fingerprint density at radius 1 is 1.17 bits per heavy atom. The summed E-state index contributed by atoms with van der Waals surface area (Å²) in [5, 5.41) is 18.9. The number of nitriles is 1. The van der Waals surface area contributed by atoms with Crippen LogP contribution in [-0.2, 0) is 0 Å². The molecule has 0 spiro atoms. The summed E-state index contributed by atoms with van der Waals surface area (Å²) < 4.78 is 0. The van der Waals surface area contributed by atoms with Gasteiger partial charge in [-0.2, -0.15) is 5.26 Å². The van der Waals surface area contributed by atoms with Crippen molar-refractivity contribution >= 4 is 17.3 Å². The zero-order valence-corrected chi connectivity index (χ0v) is 13.0. The zero-order chi connectivity index (χ0) is 16.4. The van der Waals surface area contributed by atoms with Crippen LogP contribution >= 0.6 is 11.3 Å². The number of nitrogens with zero attached hydrogens (tertiary/aromatic N) is 3. The van der Waals surface area contributed by atoms with Crippen molar-refractivity contribution in [3.05, 3.63) is 58.7 Å². The third-order valence-electron chi connectivity index (χ3n) is 3.25. The first-order chi connectivity index (χ1) is 11.1. The van der Waals surface area contributed by atoms with Crippen LogP contribution in [0.4, 0.5) is 0 Å². The molecule has 2 aromatic heterocycles. The average Bonchev–Trinajstić information content (AvgIpc) is 2.97. The van der Waals surface area contributed by atoms with Crippen LogP contribution in [0, 0.1) is 18.3 Å². The van der Waals surface area contributed by atoms with Gasteiger partial charge in [-0.1, -0.05) is 30.3 Å². The summed E-state index contributed by atoms with van der Waals surface area (Å²) in [7, 11) is 0. The highest BCUT2D eigenvalue weighted by molar-refractivity contribution is 7.17. The van der Waals surface area contributed by atoms with Gasteiger partial charge in [-0.25, -0.2) is 14.8 Å². The molecule has 0 aliphatic rings. The van der Waals surface area contributed by atoms with Crippen molar-refractivity contribution in [2.45, 2.75) is 6.92 Å². The maximum atomic E-state index is 11.2. The van der Waals surface area contributed by atoms with Crippen molar-refractivity contribution in [3.63, 3.8) is 0 Å². The molecule has 1 aromatic carbocycles. The lowest BCUT2D eigenvalue weighted by molar-refractivity contribution is 0.0701. The number of carbonyl (C=O) groups is 1. The Morgan fingerprint density at radius 2 is 1.91 bits per heavy atom. The lowest BCUT2D eigenvalue weighted by Crippen LogP contribution is -1.94. The summed E-state index contributed by atoms with van der Waals surface area (Å²) in [4.78, 5) is 20.0. The lowest BCUT2D eigenvalue weighted by Gasteiger charge is -2.04. The van der Waals surface area contributed by atoms with Gasteiger partial charge in [0.25, 0.3) is 0 Å². The summed E-state index contributed by atoms with van der Waals surface area (Å²) in [5.74, 6) is -0.996. The van der Waals surface area contributed by atoms with Crippen LogP contribution in [0.25, 0.3) is 21.8 Å². The van der Waals surface area contributed by atoms with Crippen LogP contribution in [-0.4, -0.2) is 21.0 Å². The van der Waals surface area contributed by atoms with Crippen LogP contribution in [0.3, 0.4) is 0 Å². The number of aromatic nitrogens is 2. The van der Waals surface area contributed by atoms with E-state index in [2.05, 4.69) is 9.97 Å². The number of carboxylic acids is 1. The highest BCUT2D eigenvalue weighted by Gasteiger charge is 2.16. The molecule has 0 unspecified atom stereocenters. The van der Waals surface area contributed by atoms with Crippen molar-refractivity contribution in [2.24, 2.45) is 0 Å². The summed E-state index contributed by atoms with van der Waals surface area (Å²) in [6.07, 6.45) is 0. The fourth-order valence-corrected chi connectivity index (χ4v) is 3.08. The Bertz CT molecular complexity index is 927. The van der Waals surface area contributed by atoms with Gasteiger partial charge in [0.15, 0.2) is 0 Å². The minimum atomic E-state index is -0.996. The number of carboxylic acid groups (broad SMARTS) is 1. The molecule has 112 valence electrons. The third kappa shape index (κ3) is 2.96. The molecule has 5 nitrogen and oxygen atoms in total. The molecule has 6 heteroatoms. The monoisotopic (exact) mass is 321 g/mol. The quantitative estimate of drug-likeness (QED) is 0.794. The molecule has 0 fully saturated rings. The zero-order valence-electron chi connectivity index (χ0n) is 12.1. The highest BCUT2D eigenvalue weighted by atomic mass is 32.1. The average molecular weight is 321 g/mol. The number of hydrogen-bond donors (Lipinski definition) is 1. The molecular weight excluding hydrogens is 310 g/mol. The Morgan fingerprint density at radius 3 is 2.52 bits per heavy atom. The maximum absolute atomic E-state index is 11.2. The van der Waals surface area contributed by atoms with Crippen LogP contribution in [0.2, 0.25) is 0 Å². The van der Waals surface area contributed by atoms with Crippen LogP contribution in [0.1, 0.15) is 21.1 Å². The van der Waals surface area contributed by atoms with Crippen molar-refractivity contribution in [1.29, 1.82) is 5.26 Å². The molecule has 0 bridgehead atoms. The number of pyridine rings is 1. The van der Waals surface area contributed by atoms with E-state index in [1.54, 1.807) is 13.0 Å². The van der Waals surface area contributed by atoms with Gasteiger partial charge >= 0.3 is 5.97 Å². The fourth-order valence-electron chi connectivity index (χ4n) is 2.19. The fraction of sp³-hybridized carbons (Fsp3) is 0.0588. The van der Waals surface area contributed by atoms with E-state index in [0.717, 1.165) is 16.9 Å². The number of aromatic carboxylic acids is 1. The topological polar surface area (TPSA) is 86.9 Å². The number of aryl methyl sites for hydroxylation is 1. The molecule has 0 aliphatic carbocycles. The summed E-state index contributed by atoms with van der Waals surface area (Å²) in [5.41, 5.74) is 2.97. The third-order valence-corrected chi connectivity index (χ3v) is 4.44. The first kappa shape index (κ1) is 14.9.